The van der Waals surface area contributed by atoms with E-state index in [9.17, 15) is 22.8 Å². The van der Waals surface area contributed by atoms with Gasteiger partial charge in [-0.3, -0.25) is 14.5 Å². The van der Waals surface area contributed by atoms with Crippen LogP contribution in [0.4, 0.5) is 13.2 Å². The third kappa shape index (κ3) is 3.59. The Kier molecular flexibility index (Phi) is 4.66. The van der Waals surface area contributed by atoms with Crippen molar-refractivity contribution in [3.05, 3.63) is 83.2 Å². The van der Waals surface area contributed by atoms with E-state index in [1.54, 1.807) is 6.92 Å². The molecule has 0 saturated heterocycles. The van der Waals surface area contributed by atoms with Gasteiger partial charge >= 0.3 is 6.36 Å². The van der Waals surface area contributed by atoms with Gasteiger partial charge in [0.15, 0.2) is 5.65 Å². The molecule has 0 fully saturated rings. The molecule has 10 heteroatoms. The number of carbonyl (C=O) groups excluding carboxylic acids is 2. The zero-order valence-electron chi connectivity index (χ0n) is 17.1. The highest BCUT2D eigenvalue weighted by atomic mass is 19.4. The Hall–Kier alpha value is -4.21. The number of pyridine rings is 1. The van der Waals surface area contributed by atoms with Gasteiger partial charge in [-0.2, -0.15) is 5.10 Å². The summed E-state index contributed by atoms with van der Waals surface area (Å²) in [4.78, 5) is 31.7. The van der Waals surface area contributed by atoms with Gasteiger partial charge in [-0.05, 0) is 36.8 Å². The molecule has 4 aromatic rings. The molecule has 5 rings (SSSR count). The van der Waals surface area contributed by atoms with Gasteiger partial charge in [-0.1, -0.05) is 30.3 Å². The lowest BCUT2D eigenvalue weighted by atomic mass is 10.1. The molecule has 0 saturated carbocycles. The standard InChI is InChI=1S/C23H15F3N4O3/c1-13-18-19-17(21(31)29(22(19)32)12-14-5-3-2-4-6-14)11-27-20(18)30(28-13)15-7-9-16(10-8-15)33-23(24,25)26/h2-11H,12H2,1H3. The summed E-state index contributed by atoms with van der Waals surface area (Å²) in [6.45, 7) is 1.81. The molecule has 0 aliphatic carbocycles. The van der Waals surface area contributed by atoms with Crippen LogP contribution in [0.5, 0.6) is 5.75 Å². The van der Waals surface area contributed by atoms with Crippen LogP contribution in [0.15, 0.2) is 60.8 Å². The first kappa shape index (κ1) is 20.7. The number of nitrogens with zero attached hydrogens (tertiary/aromatic N) is 4. The van der Waals surface area contributed by atoms with E-state index in [0.29, 0.717) is 22.4 Å². The number of alkyl halides is 3. The molecule has 166 valence electrons. The molecule has 0 bridgehead atoms. The van der Waals surface area contributed by atoms with Gasteiger partial charge < -0.3 is 4.74 Å². The van der Waals surface area contributed by atoms with E-state index in [4.69, 9.17) is 0 Å². The van der Waals surface area contributed by atoms with Crippen LogP contribution in [0, 0.1) is 6.92 Å². The summed E-state index contributed by atoms with van der Waals surface area (Å²) in [7, 11) is 0. The molecule has 2 aromatic carbocycles. The molecule has 1 aliphatic rings. The van der Waals surface area contributed by atoms with Crippen molar-refractivity contribution in [1.29, 1.82) is 0 Å². The molecule has 2 amide bonds. The van der Waals surface area contributed by atoms with E-state index < -0.39 is 18.2 Å². The van der Waals surface area contributed by atoms with Gasteiger partial charge in [0.2, 0.25) is 0 Å². The fourth-order valence-electron chi connectivity index (χ4n) is 3.89. The third-order valence-electron chi connectivity index (χ3n) is 5.30. The highest BCUT2D eigenvalue weighted by molar-refractivity contribution is 6.26. The third-order valence-corrected chi connectivity index (χ3v) is 5.30. The number of hydrogen-bond acceptors (Lipinski definition) is 5. The fraction of sp³-hybridized carbons (Fsp3) is 0.130. The van der Waals surface area contributed by atoms with Gasteiger partial charge in [0, 0.05) is 6.20 Å². The maximum absolute atomic E-state index is 13.2. The first-order chi connectivity index (χ1) is 15.7. The number of ether oxygens (including phenoxy) is 1. The number of amides is 2. The molecule has 0 radical (unpaired) electrons. The topological polar surface area (TPSA) is 77.3 Å². The number of hydrogen-bond donors (Lipinski definition) is 0. The first-order valence-electron chi connectivity index (χ1n) is 9.87. The quantitative estimate of drug-likeness (QED) is 0.429. The predicted octanol–water partition coefficient (Wildman–Crippen LogP) is 4.42. The number of rotatable bonds is 4. The van der Waals surface area contributed by atoms with E-state index in [2.05, 4.69) is 14.8 Å². The van der Waals surface area contributed by atoms with Crippen LogP contribution in [0.25, 0.3) is 16.7 Å². The summed E-state index contributed by atoms with van der Waals surface area (Å²) < 4.78 is 42.6. The largest absolute Gasteiger partial charge is 0.573 e. The zero-order chi connectivity index (χ0) is 23.3. The minimum atomic E-state index is -4.79. The van der Waals surface area contributed by atoms with Crippen LogP contribution in [0.2, 0.25) is 0 Å². The van der Waals surface area contributed by atoms with Gasteiger partial charge in [-0.25, -0.2) is 9.67 Å². The molecule has 7 nitrogen and oxygen atoms in total. The molecule has 0 unspecified atom stereocenters. The van der Waals surface area contributed by atoms with Crippen molar-refractivity contribution in [3.63, 3.8) is 0 Å². The summed E-state index contributed by atoms with van der Waals surface area (Å²) in [5, 5.41) is 4.85. The maximum atomic E-state index is 13.2. The average molecular weight is 452 g/mol. The van der Waals surface area contributed by atoms with E-state index in [-0.39, 0.29) is 23.4 Å². The number of aromatic nitrogens is 3. The average Bonchev–Trinajstić information content (AvgIpc) is 3.23. The Balaban J connectivity index is 1.54. The minimum absolute atomic E-state index is 0.128. The fourth-order valence-corrected chi connectivity index (χ4v) is 3.89. The van der Waals surface area contributed by atoms with Crippen molar-refractivity contribution in [2.24, 2.45) is 0 Å². The van der Waals surface area contributed by atoms with E-state index in [1.165, 1.54) is 27.9 Å². The molecule has 2 aromatic heterocycles. The number of carbonyl (C=O) groups is 2. The van der Waals surface area contributed by atoms with Crippen molar-refractivity contribution in [2.75, 3.05) is 0 Å². The summed E-state index contributed by atoms with van der Waals surface area (Å²) in [5.41, 5.74) is 2.44. The Morgan fingerprint density at radius 2 is 1.67 bits per heavy atom. The zero-order valence-corrected chi connectivity index (χ0v) is 17.1. The second-order valence-corrected chi connectivity index (χ2v) is 7.47. The lowest BCUT2D eigenvalue weighted by Crippen LogP contribution is -2.29. The monoisotopic (exact) mass is 452 g/mol. The van der Waals surface area contributed by atoms with E-state index in [1.807, 2.05) is 30.3 Å². The van der Waals surface area contributed by atoms with Crippen LogP contribution in [0.3, 0.4) is 0 Å². The van der Waals surface area contributed by atoms with Crippen molar-refractivity contribution in [3.8, 4) is 11.4 Å². The van der Waals surface area contributed by atoms with Gasteiger partial charge in [0.05, 0.1) is 34.4 Å². The van der Waals surface area contributed by atoms with Crippen LogP contribution < -0.4 is 4.74 Å². The lowest BCUT2D eigenvalue weighted by molar-refractivity contribution is -0.274. The molecular weight excluding hydrogens is 437 g/mol. The molecule has 0 spiro atoms. The Morgan fingerprint density at radius 3 is 2.33 bits per heavy atom. The van der Waals surface area contributed by atoms with E-state index >= 15 is 0 Å². The smallest absolute Gasteiger partial charge is 0.406 e. The summed E-state index contributed by atoms with van der Waals surface area (Å²) in [5.74, 6) is -1.25. The van der Waals surface area contributed by atoms with Crippen LogP contribution in [-0.4, -0.2) is 37.8 Å². The Labute approximate surface area is 185 Å². The Bertz CT molecular complexity index is 1400. The number of halogens is 3. The number of imide groups is 1. The van der Waals surface area contributed by atoms with Crippen molar-refractivity contribution in [1.82, 2.24) is 19.7 Å². The molecule has 1 aliphatic heterocycles. The summed E-state index contributed by atoms with van der Waals surface area (Å²) in [6.07, 6.45) is -3.46. The van der Waals surface area contributed by atoms with Gasteiger partial charge in [0.1, 0.15) is 5.75 Å². The second-order valence-electron chi connectivity index (χ2n) is 7.47. The van der Waals surface area contributed by atoms with Crippen LogP contribution in [-0.2, 0) is 6.54 Å². The normalized spacial score (nSPS) is 13.6. The summed E-state index contributed by atoms with van der Waals surface area (Å²) in [6, 6.07) is 14.3. The lowest BCUT2D eigenvalue weighted by Gasteiger charge is -2.13. The molecular formula is C23H15F3N4O3. The van der Waals surface area contributed by atoms with Crippen LogP contribution >= 0.6 is 0 Å². The van der Waals surface area contributed by atoms with Crippen molar-refractivity contribution >= 4 is 22.8 Å². The first-order valence-corrected chi connectivity index (χ1v) is 9.87. The molecule has 33 heavy (non-hydrogen) atoms. The number of fused-ring (bicyclic) bond motifs is 3. The van der Waals surface area contributed by atoms with Crippen molar-refractivity contribution in [2.45, 2.75) is 19.8 Å². The SMILES string of the molecule is Cc1nn(-c2ccc(OC(F)(F)F)cc2)c2ncc3c(c12)C(=O)N(Cc1ccccc1)C3=O. The molecule has 3 heterocycles. The maximum Gasteiger partial charge on any atom is 0.573 e. The highest BCUT2D eigenvalue weighted by Gasteiger charge is 2.39. The van der Waals surface area contributed by atoms with Crippen molar-refractivity contribution < 1.29 is 27.5 Å². The van der Waals surface area contributed by atoms with E-state index in [0.717, 1.165) is 17.7 Å². The molecule has 0 N–H and O–H groups in total. The predicted molar refractivity (Wildman–Crippen MR) is 111 cm³/mol. The number of benzene rings is 2. The van der Waals surface area contributed by atoms with Gasteiger partial charge in [-0.15, -0.1) is 13.2 Å². The molecule has 0 atom stereocenters. The van der Waals surface area contributed by atoms with Crippen LogP contribution in [0.1, 0.15) is 32.0 Å². The van der Waals surface area contributed by atoms with Gasteiger partial charge in [0.25, 0.3) is 11.8 Å². The minimum Gasteiger partial charge on any atom is -0.406 e. The highest BCUT2D eigenvalue weighted by Crippen LogP contribution is 2.33. The summed E-state index contributed by atoms with van der Waals surface area (Å²) >= 11 is 0. The second kappa shape index (κ2) is 7.44. The Morgan fingerprint density at radius 1 is 0.970 bits per heavy atom. The number of aryl methyl sites for hydroxylation is 1.